The molecule has 0 unspecified atom stereocenters. The summed E-state index contributed by atoms with van der Waals surface area (Å²) >= 11 is 0. The molecule has 0 spiro atoms. The molecule has 2 aromatic rings. The van der Waals surface area contributed by atoms with E-state index in [1.807, 2.05) is 0 Å². The van der Waals surface area contributed by atoms with Crippen molar-refractivity contribution in [3.63, 3.8) is 0 Å². The lowest BCUT2D eigenvalue weighted by Crippen LogP contribution is -2.29. The van der Waals surface area contributed by atoms with Gasteiger partial charge in [-0.1, -0.05) is 0 Å². The van der Waals surface area contributed by atoms with Crippen LogP contribution in [-0.2, 0) is 0 Å². The number of rotatable bonds is 4. The molecule has 0 aliphatic carbocycles. The maximum absolute atomic E-state index is 11.3. The van der Waals surface area contributed by atoms with Gasteiger partial charge in [-0.05, 0) is 10.4 Å². The average molecular weight is 286 g/mol. The maximum atomic E-state index is 11.3. The van der Waals surface area contributed by atoms with Crippen LogP contribution in [0.3, 0.4) is 0 Å². The Labute approximate surface area is 105 Å². The fourth-order valence-corrected chi connectivity index (χ4v) is 1.01. The lowest BCUT2D eigenvalue weighted by Gasteiger charge is -1.87. The predicted octanol–water partition coefficient (Wildman–Crippen LogP) is -2.84. The smallest absolute Gasteiger partial charge is 0.339 e. The van der Waals surface area contributed by atoms with Crippen molar-refractivity contribution in [1.29, 1.82) is 0 Å². The topological polar surface area (TPSA) is 191 Å². The monoisotopic (exact) mass is 286 g/mol. The zero-order valence-corrected chi connectivity index (χ0v) is 9.08. The Bertz CT molecular complexity index is 749. The van der Waals surface area contributed by atoms with Crippen molar-refractivity contribution in [2.75, 3.05) is 0 Å². The lowest BCUT2D eigenvalue weighted by atomic mass is 11.2. The second kappa shape index (κ2) is 4.51. The summed E-state index contributed by atoms with van der Waals surface area (Å²) in [5, 5.41) is 30.9. The first-order valence-electron chi connectivity index (χ1n) is 4.47. The van der Waals surface area contributed by atoms with Crippen molar-refractivity contribution in [2.45, 2.75) is 0 Å². The molecule has 0 fully saturated rings. The third kappa shape index (κ3) is 2.02. The van der Waals surface area contributed by atoms with Crippen LogP contribution in [0.2, 0.25) is 0 Å². The second-order valence-electron chi connectivity index (χ2n) is 2.95. The van der Waals surface area contributed by atoms with E-state index >= 15 is 0 Å². The van der Waals surface area contributed by atoms with Gasteiger partial charge >= 0.3 is 11.4 Å². The molecule has 0 atom stereocenters. The van der Waals surface area contributed by atoms with Crippen LogP contribution in [0.5, 0.6) is 0 Å². The molecule has 16 heteroatoms. The average Bonchev–Trinajstić information content (AvgIpc) is 2.91. The second-order valence-corrected chi connectivity index (χ2v) is 2.95. The van der Waals surface area contributed by atoms with Gasteiger partial charge in [0, 0.05) is 0 Å². The molecule has 2 rings (SSSR count). The van der Waals surface area contributed by atoms with Crippen molar-refractivity contribution in [2.24, 2.45) is 10.4 Å². The van der Waals surface area contributed by atoms with Crippen molar-refractivity contribution in [3.8, 4) is 0 Å². The van der Waals surface area contributed by atoms with Gasteiger partial charge in [0.15, 0.2) is 0 Å². The Balaban J connectivity index is 2.36. The predicted molar refractivity (Wildman–Crippen MR) is 53.4 cm³/mol. The largest absolute Gasteiger partial charge is 0.434 e. The summed E-state index contributed by atoms with van der Waals surface area (Å²) in [4.78, 5) is 43.0. The summed E-state index contributed by atoms with van der Waals surface area (Å²) in [5.41, 5.74) is -2.51. The molecule has 0 aliphatic rings. The highest BCUT2D eigenvalue weighted by Gasteiger charge is 2.15. The summed E-state index contributed by atoms with van der Waals surface area (Å²) in [6.45, 7) is 0. The van der Waals surface area contributed by atoms with Gasteiger partial charge in [0.2, 0.25) is 0 Å². The Morgan fingerprint density at radius 3 is 1.50 bits per heavy atom. The van der Waals surface area contributed by atoms with Crippen molar-refractivity contribution in [1.82, 2.24) is 29.1 Å². The van der Waals surface area contributed by atoms with E-state index < -0.39 is 21.4 Å². The van der Waals surface area contributed by atoms with E-state index in [1.165, 1.54) is 0 Å². The van der Waals surface area contributed by atoms with Gasteiger partial charge in [0.25, 0.3) is 12.7 Å². The number of aromatic nitrogens is 6. The number of nitrogens with zero attached hydrogens (tertiary/aromatic N) is 10. The minimum atomic E-state index is -1.26. The van der Waals surface area contributed by atoms with Gasteiger partial charge < -0.3 is 20.2 Å². The number of hydrogen-bond donors (Lipinski definition) is 0. The van der Waals surface area contributed by atoms with Crippen LogP contribution in [-0.4, -0.2) is 39.2 Å². The Kier molecular flexibility index (Phi) is 2.87. The van der Waals surface area contributed by atoms with Gasteiger partial charge in [0.1, 0.15) is 0 Å². The lowest BCUT2D eigenvalue weighted by molar-refractivity contribution is -0.556. The van der Waals surface area contributed by atoms with Gasteiger partial charge in [0.05, 0.1) is 29.8 Å². The highest BCUT2D eigenvalue weighted by atomic mass is 16.7. The van der Waals surface area contributed by atoms with Crippen LogP contribution >= 0.6 is 0 Å². The molecule has 2 heterocycles. The van der Waals surface area contributed by atoms with E-state index in [0.717, 1.165) is 0 Å². The van der Waals surface area contributed by atoms with Crippen molar-refractivity contribution in [3.05, 3.63) is 53.9 Å². The molecule has 0 saturated carbocycles. The fourth-order valence-electron chi connectivity index (χ4n) is 1.01. The third-order valence-electron chi connectivity index (χ3n) is 1.82. The highest BCUT2D eigenvalue weighted by molar-refractivity contribution is 4.64. The van der Waals surface area contributed by atoms with Crippen molar-refractivity contribution >= 4 is 0 Å². The Morgan fingerprint density at radius 2 is 1.25 bits per heavy atom. The van der Waals surface area contributed by atoms with E-state index in [0.29, 0.717) is 22.0 Å². The molecule has 20 heavy (non-hydrogen) atoms. The standard InChI is InChI=1S/C4H2N10O6/c15-3-9(1-5-11(3)13(17)18)7-8-10-2-6-12(4(10)16)14(19)20/h1-2H/b8-7+. The van der Waals surface area contributed by atoms with Gasteiger partial charge in [-0.2, -0.15) is 0 Å². The van der Waals surface area contributed by atoms with Crippen LogP contribution in [0.1, 0.15) is 0 Å². The molecule has 0 aliphatic heterocycles. The van der Waals surface area contributed by atoms with Gasteiger partial charge in [-0.25, -0.2) is 9.59 Å². The third-order valence-corrected chi connectivity index (χ3v) is 1.82. The number of hydrogen-bond acceptors (Lipinski definition) is 10. The molecule has 0 bridgehead atoms. The molecular formula is C4H2N10O6. The fraction of sp³-hybridized carbons (Fsp3) is 0. The van der Waals surface area contributed by atoms with Crippen molar-refractivity contribution < 1.29 is 10.1 Å². The highest BCUT2D eigenvalue weighted by Crippen LogP contribution is 1.84. The molecular weight excluding hydrogens is 284 g/mol. The van der Waals surface area contributed by atoms with Crippen LogP contribution in [0.25, 0.3) is 0 Å². The van der Waals surface area contributed by atoms with Crippen LogP contribution in [0, 0.1) is 20.2 Å². The van der Waals surface area contributed by atoms with E-state index in [-0.39, 0.29) is 9.58 Å². The molecule has 0 amide bonds. The zero-order valence-electron chi connectivity index (χ0n) is 9.08. The normalized spacial score (nSPS) is 11.0. The molecule has 0 aromatic carbocycles. The molecule has 104 valence electrons. The summed E-state index contributed by atoms with van der Waals surface area (Å²) in [6, 6.07) is 0. The Hall–Kier alpha value is -3.72. The van der Waals surface area contributed by atoms with E-state index in [2.05, 4.69) is 20.6 Å². The Morgan fingerprint density at radius 1 is 0.900 bits per heavy atom. The van der Waals surface area contributed by atoms with E-state index in [9.17, 15) is 29.8 Å². The summed E-state index contributed by atoms with van der Waals surface area (Å²) in [5.74, 6) is 0. The first-order valence-corrected chi connectivity index (χ1v) is 4.47. The van der Waals surface area contributed by atoms with E-state index in [4.69, 9.17) is 0 Å². The maximum Gasteiger partial charge on any atom is 0.434 e. The number of nitro groups is 2. The molecule has 0 radical (unpaired) electrons. The van der Waals surface area contributed by atoms with Gasteiger partial charge in [-0.15, -0.1) is 9.35 Å². The van der Waals surface area contributed by atoms with Crippen LogP contribution in [0.15, 0.2) is 32.7 Å². The zero-order chi connectivity index (χ0) is 14.9. The molecule has 0 saturated heterocycles. The SMILES string of the molecule is O=c1n(/N=N/n2cnn([N+](=O)[O-])c2=O)cnn1[N+](=O)[O-]. The van der Waals surface area contributed by atoms with E-state index in [1.54, 1.807) is 0 Å². The van der Waals surface area contributed by atoms with Crippen LogP contribution < -0.4 is 11.4 Å². The molecule has 16 nitrogen and oxygen atoms in total. The quantitative estimate of drug-likeness (QED) is 0.325. The summed E-state index contributed by atoms with van der Waals surface area (Å²) in [6.07, 6.45) is 1.33. The minimum Gasteiger partial charge on any atom is -0.339 e. The first kappa shape index (κ1) is 12.7. The molecule has 2 aromatic heterocycles. The molecule has 0 N–H and O–H groups in total. The first-order chi connectivity index (χ1) is 9.41. The van der Waals surface area contributed by atoms with Crippen LogP contribution in [0.4, 0.5) is 0 Å². The summed E-state index contributed by atoms with van der Waals surface area (Å²) in [7, 11) is 0. The minimum absolute atomic E-state index is 0.123. The van der Waals surface area contributed by atoms with Gasteiger partial charge in [-0.3, -0.25) is 0 Å². The summed E-state index contributed by atoms with van der Waals surface area (Å²) < 4.78 is 0.692.